The SMILES string of the molecule is CCC(c1cccs1)N1CCC(C)(C(=O)O)C1. The summed E-state index contributed by atoms with van der Waals surface area (Å²) in [7, 11) is 0. The van der Waals surface area contributed by atoms with Crippen LogP contribution in [0.25, 0.3) is 0 Å². The van der Waals surface area contributed by atoms with Gasteiger partial charge in [0, 0.05) is 17.5 Å². The van der Waals surface area contributed by atoms with Crippen LogP contribution in [0.1, 0.15) is 37.6 Å². The number of carboxylic acids is 1. The molecule has 2 heterocycles. The first-order valence-corrected chi connectivity index (χ1v) is 6.95. The van der Waals surface area contributed by atoms with Crippen LogP contribution in [-0.2, 0) is 4.79 Å². The van der Waals surface area contributed by atoms with Crippen LogP contribution in [0.15, 0.2) is 17.5 Å². The summed E-state index contributed by atoms with van der Waals surface area (Å²) in [6.45, 7) is 5.58. The lowest BCUT2D eigenvalue weighted by Crippen LogP contribution is -2.33. The molecular weight excluding hydrogens is 234 g/mol. The number of likely N-dealkylation sites (tertiary alicyclic amines) is 1. The first kappa shape index (κ1) is 12.6. The molecule has 0 amide bonds. The monoisotopic (exact) mass is 253 g/mol. The van der Waals surface area contributed by atoms with E-state index in [1.165, 1.54) is 4.88 Å². The Kier molecular flexibility index (Phi) is 3.54. The van der Waals surface area contributed by atoms with Gasteiger partial charge in [0.2, 0.25) is 0 Å². The zero-order valence-electron chi connectivity index (χ0n) is 10.3. The Morgan fingerprint density at radius 3 is 2.94 bits per heavy atom. The second-order valence-electron chi connectivity index (χ2n) is 5.03. The fraction of sp³-hybridized carbons (Fsp3) is 0.615. The van der Waals surface area contributed by atoms with Gasteiger partial charge in [0.1, 0.15) is 0 Å². The van der Waals surface area contributed by atoms with Crippen LogP contribution < -0.4 is 0 Å². The van der Waals surface area contributed by atoms with Crippen molar-refractivity contribution in [3.05, 3.63) is 22.4 Å². The second kappa shape index (κ2) is 4.78. The molecule has 17 heavy (non-hydrogen) atoms. The molecule has 1 aromatic heterocycles. The molecule has 0 bridgehead atoms. The topological polar surface area (TPSA) is 40.5 Å². The fourth-order valence-electron chi connectivity index (χ4n) is 2.56. The van der Waals surface area contributed by atoms with Crippen molar-refractivity contribution in [2.24, 2.45) is 5.41 Å². The third kappa shape index (κ3) is 2.38. The van der Waals surface area contributed by atoms with Gasteiger partial charge in [-0.05, 0) is 37.8 Å². The maximum Gasteiger partial charge on any atom is 0.310 e. The Hall–Kier alpha value is -0.870. The Labute approximate surface area is 106 Å². The average molecular weight is 253 g/mol. The zero-order valence-corrected chi connectivity index (χ0v) is 11.2. The number of carboxylic acid groups (broad SMARTS) is 1. The van der Waals surface area contributed by atoms with Crippen molar-refractivity contribution >= 4 is 17.3 Å². The summed E-state index contributed by atoms with van der Waals surface area (Å²) in [5.41, 5.74) is -0.565. The van der Waals surface area contributed by atoms with E-state index < -0.39 is 11.4 Å². The van der Waals surface area contributed by atoms with Crippen LogP contribution in [0.5, 0.6) is 0 Å². The third-order valence-corrected chi connectivity index (χ3v) is 4.69. The van der Waals surface area contributed by atoms with Crippen molar-refractivity contribution in [2.75, 3.05) is 13.1 Å². The van der Waals surface area contributed by atoms with Gasteiger partial charge in [-0.3, -0.25) is 9.69 Å². The Balaban J connectivity index is 2.12. The quantitative estimate of drug-likeness (QED) is 0.896. The molecule has 2 unspecified atom stereocenters. The zero-order chi connectivity index (χ0) is 12.5. The molecule has 1 aromatic rings. The van der Waals surface area contributed by atoms with Crippen molar-refractivity contribution in [1.29, 1.82) is 0 Å². The van der Waals surface area contributed by atoms with E-state index in [-0.39, 0.29) is 0 Å². The maximum atomic E-state index is 11.2. The number of thiophene rings is 1. The van der Waals surface area contributed by atoms with E-state index in [4.69, 9.17) is 0 Å². The van der Waals surface area contributed by atoms with Gasteiger partial charge in [-0.2, -0.15) is 0 Å². The first-order valence-electron chi connectivity index (χ1n) is 6.07. The third-order valence-electron chi connectivity index (χ3n) is 3.72. The van der Waals surface area contributed by atoms with Crippen molar-refractivity contribution in [1.82, 2.24) is 4.90 Å². The number of aliphatic carboxylic acids is 1. The number of hydrogen-bond donors (Lipinski definition) is 1. The standard InChI is InChI=1S/C13H19NO2S/c1-3-10(11-5-4-8-17-11)14-7-6-13(2,9-14)12(15)16/h4-5,8,10H,3,6-7,9H2,1-2H3,(H,15,16). The van der Waals surface area contributed by atoms with E-state index in [2.05, 4.69) is 29.3 Å². The minimum Gasteiger partial charge on any atom is -0.481 e. The van der Waals surface area contributed by atoms with Crippen molar-refractivity contribution in [3.63, 3.8) is 0 Å². The highest BCUT2D eigenvalue weighted by atomic mass is 32.1. The van der Waals surface area contributed by atoms with Crippen LogP contribution >= 0.6 is 11.3 Å². The predicted molar refractivity (Wildman–Crippen MR) is 69.3 cm³/mol. The van der Waals surface area contributed by atoms with Crippen LogP contribution in [0, 0.1) is 5.41 Å². The molecule has 2 atom stereocenters. The molecule has 0 aromatic carbocycles. The van der Waals surface area contributed by atoms with Gasteiger partial charge in [-0.25, -0.2) is 0 Å². The minimum absolute atomic E-state index is 0.385. The lowest BCUT2D eigenvalue weighted by atomic mass is 9.90. The highest BCUT2D eigenvalue weighted by Gasteiger charge is 2.42. The molecule has 1 aliphatic heterocycles. The largest absolute Gasteiger partial charge is 0.481 e. The summed E-state index contributed by atoms with van der Waals surface area (Å²) < 4.78 is 0. The summed E-state index contributed by atoms with van der Waals surface area (Å²) in [6.07, 6.45) is 1.79. The highest BCUT2D eigenvalue weighted by Crippen LogP contribution is 2.37. The van der Waals surface area contributed by atoms with Gasteiger partial charge >= 0.3 is 5.97 Å². The predicted octanol–water partition coefficient (Wildman–Crippen LogP) is 3.00. The van der Waals surface area contributed by atoms with Gasteiger partial charge in [0.15, 0.2) is 0 Å². The van der Waals surface area contributed by atoms with Gasteiger partial charge < -0.3 is 5.11 Å². The van der Waals surface area contributed by atoms with Gasteiger partial charge in [-0.1, -0.05) is 13.0 Å². The Morgan fingerprint density at radius 2 is 2.47 bits per heavy atom. The fourth-order valence-corrected chi connectivity index (χ4v) is 3.50. The molecule has 0 radical (unpaired) electrons. The molecule has 94 valence electrons. The molecule has 0 aliphatic carbocycles. The van der Waals surface area contributed by atoms with Gasteiger partial charge in [0.05, 0.1) is 5.41 Å². The lowest BCUT2D eigenvalue weighted by Gasteiger charge is -2.27. The molecule has 1 saturated heterocycles. The van der Waals surface area contributed by atoms with Crippen LogP contribution in [-0.4, -0.2) is 29.1 Å². The van der Waals surface area contributed by atoms with Crippen LogP contribution in [0.2, 0.25) is 0 Å². The summed E-state index contributed by atoms with van der Waals surface area (Å²) >= 11 is 1.76. The molecule has 2 rings (SSSR count). The number of hydrogen-bond acceptors (Lipinski definition) is 3. The van der Waals surface area contributed by atoms with Crippen molar-refractivity contribution < 1.29 is 9.90 Å². The van der Waals surface area contributed by atoms with E-state index in [0.717, 1.165) is 19.4 Å². The van der Waals surface area contributed by atoms with Gasteiger partial charge in [0.25, 0.3) is 0 Å². The lowest BCUT2D eigenvalue weighted by molar-refractivity contribution is -0.147. The normalized spacial score (nSPS) is 27.2. The molecular formula is C13H19NO2S. The van der Waals surface area contributed by atoms with E-state index >= 15 is 0 Å². The van der Waals surface area contributed by atoms with Crippen molar-refractivity contribution in [3.8, 4) is 0 Å². The molecule has 0 spiro atoms. The van der Waals surface area contributed by atoms with E-state index in [0.29, 0.717) is 12.6 Å². The van der Waals surface area contributed by atoms with Crippen LogP contribution in [0.4, 0.5) is 0 Å². The molecule has 1 N–H and O–H groups in total. The number of rotatable bonds is 4. The summed E-state index contributed by atoms with van der Waals surface area (Å²) in [5, 5.41) is 11.3. The van der Waals surface area contributed by atoms with E-state index in [1.54, 1.807) is 11.3 Å². The number of nitrogens with zero attached hydrogens (tertiary/aromatic N) is 1. The highest BCUT2D eigenvalue weighted by molar-refractivity contribution is 7.10. The average Bonchev–Trinajstić information content (AvgIpc) is 2.91. The molecule has 4 heteroatoms. The first-order chi connectivity index (χ1) is 8.07. The molecule has 3 nitrogen and oxygen atoms in total. The van der Waals surface area contributed by atoms with Gasteiger partial charge in [-0.15, -0.1) is 11.3 Å². The maximum absolute atomic E-state index is 11.2. The minimum atomic E-state index is -0.666. The van der Waals surface area contributed by atoms with E-state index in [9.17, 15) is 9.90 Å². The Morgan fingerprint density at radius 1 is 1.71 bits per heavy atom. The van der Waals surface area contributed by atoms with E-state index in [1.807, 2.05) is 6.92 Å². The smallest absolute Gasteiger partial charge is 0.310 e. The Bertz CT molecular complexity index is 390. The molecule has 0 saturated carbocycles. The second-order valence-corrected chi connectivity index (χ2v) is 6.01. The van der Waals surface area contributed by atoms with Crippen LogP contribution in [0.3, 0.4) is 0 Å². The summed E-state index contributed by atoms with van der Waals surface area (Å²) in [6, 6.07) is 4.60. The summed E-state index contributed by atoms with van der Waals surface area (Å²) in [5.74, 6) is -0.666. The molecule has 1 aliphatic rings. The molecule has 1 fully saturated rings. The van der Waals surface area contributed by atoms with Crippen molar-refractivity contribution in [2.45, 2.75) is 32.7 Å². The number of carbonyl (C=O) groups is 1. The summed E-state index contributed by atoms with van der Waals surface area (Å²) in [4.78, 5) is 14.9.